The summed E-state index contributed by atoms with van der Waals surface area (Å²) in [4.78, 5) is 29.5. The average Bonchev–Trinajstić information content (AvgIpc) is 3.52. The van der Waals surface area contributed by atoms with Crippen molar-refractivity contribution in [3.05, 3.63) is 59.8 Å². The fraction of sp³-hybridized carbons (Fsp3) is 0.448. The van der Waals surface area contributed by atoms with Gasteiger partial charge in [0.2, 0.25) is 5.91 Å². The minimum Gasteiger partial charge on any atom is -0.497 e. The second kappa shape index (κ2) is 9.88. The summed E-state index contributed by atoms with van der Waals surface area (Å²) in [6.07, 6.45) is 4.91. The Kier molecular flexibility index (Phi) is 6.65. The van der Waals surface area contributed by atoms with E-state index in [0.717, 1.165) is 53.6 Å². The maximum atomic E-state index is 13.9. The highest BCUT2D eigenvalue weighted by atomic mass is 16.5. The number of carbonyl (C=O) groups is 2. The zero-order valence-corrected chi connectivity index (χ0v) is 21.4. The lowest BCUT2D eigenvalue weighted by Crippen LogP contribution is -2.65. The average molecular weight is 490 g/mol. The molecule has 1 saturated carbocycles. The van der Waals surface area contributed by atoms with Crippen LogP contribution in [0.5, 0.6) is 11.5 Å². The zero-order valence-electron chi connectivity index (χ0n) is 21.4. The molecule has 0 spiro atoms. The molecule has 0 unspecified atom stereocenters. The van der Waals surface area contributed by atoms with Gasteiger partial charge in [0.25, 0.3) is 5.91 Å². The van der Waals surface area contributed by atoms with E-state index in [9.17, 15) is 9.59 Å². The molecule has 7 nitrogen and oxygen atoms in total. The van der Waals surface area contributed by atoms with Crippen molar-refractivity contribution in [2.24, 2.45) is 0 Å². The quantitative estimate of drug-likeness (QED) is 0.503. The zero-order chi connectivity index (χ0) is 25.3. The van der Waals surface area contributed by atoms with Crippen LogP contribution in [0.4, 0.5) is 0 Å². The Hall–Kier alpha value is -3.48. The van der Waals surface area contributed by atoms with E-state index in [1.165, 1.54) is 0 Å². The first kappa shape index (κ1) is 24.2. The molecule has 1 aliphatic carbocycles. The van der Waals surface area contributed by atoms with Crippen molar-refractivity contribution in [2.45, 2.75) is 64.1 Å². The van der Waals surface area contributed by atoms with Gasteiger partial charge in [-0.3, -0.25) is 9.59 Å². The Morgan fingerprint density at radius 1 is 1.08 bits per heavy atom. The monoisotopic (exact) mass is 489 g/mol. The number of amides is 2. The number of hydrogen-bond donors (Lipinski definition) is 1. The van der Waals surface area contributed by atoms with E-state index in [4.69, 9.17) is 9.47 Å². The highest BCUT2D eigenvalue weighted by Gasteiger charge is 2.48. The van der Waals surface area contributed by atoms with Crippen molar-refractivity contribution >= 4 is 22.7 Å². The van der Waals surface area contributed by atoms with Gasteiger partial charge in [0.15, 0.2) is 0 Å². The second-order valence-corrected chi connectivity index (χ2v) is 10.1. The number of ether oxygens (including phenoxy) is 2. The van der Waals surface area contributed by atoms with E-state index in [1.807, 2.05) is 66.9 Å². The molecule has 2 heterocycles. The number of aromatic nitrogens is 1. The van der Waals surface area contributed by atoms with Gasteiger partial charge in [-0.15, -0.1) is 0 Å². The fourth-order valence-electron chi connectivity index (χ4n) is 5.58. The predicted octanol–water partition coefficient (Wildman–Crippen LogP) is 4.56. The van der Waals surface area contributed by atoms with Crippen LogP contribution in [0, 0.1) is 0 Å². The summed E-state index contributed by atoms with van der Waals surface area (Å²) < 4.78 is 13.0. The van der Waals surface area contributed by atoms with Crippen molar-refractivity contribution in [3.63, 3.8) is 0 Å². The molecule has 5 rings (SSSR count). The molecule has 36 heavy (non-hydrogen) atoms. The van der Waals surface area contributed by atoms with Crippen molar-refractivity contribution in [1.29, 1.82) is 0 Å². The number of hydrogen-bond acceptors (Lipinski definition) is 4. The molecule has 0 radical (unpaired) electrons. The maximum absolute atomic E-state index is 13.9. The maximum Gasteiger partial charge on any atom is 0.271 e. The van der Waals surface area contributed by atoms with Gasteiger partial charge in [-0.25, -0.2) is 0 Å². The molecule has 0 bridgehead atoms. The summed E-state index contributed by atoms with van der Waals surface area (Å²) in [7, 11) is 1.63. The Bertz CT molecular complexity index is 1260. The van der Waals surface area contributed by atoms with Crippen LogP contribution >= 0.6 is 0 Å². The van der Waals surface area contributed by atoms with Crippen LogP contribution in [0.2, 0.25) is 0 Å². The van der Waals surface area contributed by atoms with E-state index in [1.54, 1.807) is 12.0 Å². The molecule has 3 aromatic rings. The van der Waals surface area contributed by atoms with Crippen LogP contribution in [-0.2, 0) is 17.8 Å². The van der Waals surface area contributed by atoms with Gasteiger partial charge >= 0.3 is 0 Å². The van der Waals surface area contributed by atoms with Gasteiger partial charge in [0.1, 0.15) is 22.7 Å². The van der Waals surface area contributed by atoms with E-state index in [2.05, 4.69) is 5.32 Å². The van der Waals surface area contributed by atoms with Crippen LogP contribution in [0.15, 0.2) is 48.5 Å². The number of carbonyl (C=O) groups excluding carboxylic acids is 2. The van der Waals surface area contributed by atoms with E-state index in [0.29, 0.717) is 31.8 Å². The molecule has 1 fully saturated rings. The summed E-state index contributed by atoms with van der Waals surface area (Å²) in [5, 5.41) is 4.23. The molecule has 1 atom stereocenters. The first-order valence-corrected chi connectivity index (χ1v) is 12.9. The Labute approximate surface area is 212 Å². The third kappa shape index (κ3) is 4.43. The highest BCUT2D eigenvalue weighted by Crippen LogP contribution is 2.34. The minimum absolute atomic E-state index is 0.0789. The summed E-state index contributed by atoms with van der Waals surface area (Å²) in [5.41, 5.74) is 1.60. The number of nitrogens with zero attached hydrogens (tertiary/aromatic N) is 2. The van der Waals surface area contributed by atoms with E-state index in [-0.39, 0.29) is 17.9 Å². The summed E-state index contributed by atoms with van der Waals surface area (Å²) in [6.45, 7) is 5.33. The van der Waals surface area contributed by atoms with Gasteiger partial charge in [-0.05, 0) is 69.0 Å². The summed E-state index contributed by atoms with van der Waals surface area (Å²) in [5.74, 6) is 1.36. The fourth-order valence-corrected chi connectivity index (χ4v) is 5.58. The molecule has 1 N–H and O–H groups in total. The predicted molar refractivity (Wildman–Crippen MR) is 140 cm³/mol. The van der Waals surface area contributed by atoms with Crippen molar-refractivity contribution in [2.75, 3.05) is 20.3 Å². The number of methoxy groups -OCH3 is 1. The molecule has 190 valence electrons. The summed E-state index contributed by atoms with van der Waals surface area (Å²) in [6, 6.07) is 15.9. The summed E-state index contributed by atoms with van der Waals surface area (Å²) >= 11 is 0. The van der Waals surface area contributed by atoms with E-state index >= 15 is 0 Å². The highest BCUT2D eigenvalue weighted by molar-refractivity contribution is 6.03. The lowest BCUT2D eigenvalue weighted by Gasteiger charge is -2.44. The molecule has 7 heteroatoms. The van der Waals surface area contributed by atoms with Crippen LogP contribution in [0.25, 0.3) is 10.9 Å². The van der Waals surface area contributed by atoms with Gasteiger partial charge in [0, 0.05) is 24.0 Å². The Morgan fingerprint density at radius 2 is 1.81 bits per heavy atom. The first-order chi connectivity index (χ1) is 17.4. The molecule has 2 aliphatic rings. The van der Waals surface area contributed by atoms with E-state index < -0.39 is 5.54 Å². The standard InChI is InChI=1S/C29H35N3O4/c1-4-36-23-12-9-20(10-13-23)15-16-32-27(33)26-17-21-11-14-24(35-3)18-25(21)31(26)19-29(32,2)28(34)30-22-7-5-6-8-22/h9-14,17-18,22H,4-8,15-16,19H2,1-3H3,(H,30,34)/t29-/m0/s1. The largest absolute Gasteiger partial charge is 0.497 e. The normalized spacial score (nSPS) is 20.0. The van der Waals surface area contributed by atoms with Crippen molar-refractivity contribution in [3.8, 4) is 11.5 Å². The van der Waals surface area contributed by atoms with Gasteiger partial charge in [-0.2, -0.15) is 0 Å². The number of rotatable bonds is 8. The third-order valence-electron chi connectivity index (χ3n) is 7.68. The first-order valence-electron chi connectivity index (χ1n) is 12.9. The smallest absolute Gasteiger partial charge is 0.271 e. The molecule has 0 saturated heterocycles. The topological polar surface area (TPSA) is 72.8 Å². The minimum atomic E-state index is -1.01. The van der Waals surface area contributed by atoms with Crippen LogP contribution in [-0.4, -0.2) is 53.1 Å². The van der Waals surface area contributed by atoms with Crippen LogP contribution in [0.3, 0.4) is 0 Å². The SMILES string of the molecule is CCOc1ccc(CCN2C(=O)c3cc4ccc(OC)cc4n3C[C@@]2(C)C(=O)NC2CCCC2)cc1. The number of nitrogens with one attached hydrogen (secondary N) is 1. The molecular formula is C29H35N3O4. The van der Waals surface area contributed by atoms with Crippen LogP contribution < -0.4 is 14.8 Å². The third-order valence-corrected chi connectivity index (χ3v) is 7.68. The molecule has 2 amide bonds. The molecular weight excluding hydrogens is 454 g/mol. The molecule has 2 aromatic carbocycles. The van der Waals surface area contributed by atoms with Gasteiger partial charge in [0.05, 0.1) is 25.8 Å². The number of fused-ring (bicyclic) bond motifs is 3. The van der Waals surface area contributed by atoms with Crippen LogP contribution in [0.1, 0.15) is 55.6 Å². The van der Waals surface area contributed by atoms with Crippen molar-refractivity contribution < 1.29 is 19.1 Å². The lowest BCUT2D eigenvalue weighted by atomic mass is 9.93. The van der Waals surface area contributed by atoms with Crippen molar-refractivity contribution in [1.82, 2.24) is 14.8 Å². The number of benzene rings is 2. The Balaban J connectivity index is 1.47. The lowest BCUT2D eigenvalue weighted by molar-refractivity contribution is -0.133. The Morgan fingerprint density at radius 3 is 2.50 bits per heavy atom. The van der Waals surface area contributed by atoms with Gasteiger partial charge in [-0.1, -0.05) is 25.0 Å². The molecule has 1 aliphatic heterocycles. The molecule has 1 aromatic heterocycles. The second-order valence-electron chi connectivity index (χ2n) is 10.1. The van der Waals surface area contributed by atoms with Gasteiger partial charge < -0.3 is 24.3 Å².